The Morgan fingerprint density at radius 1 is 1.65 bits per heavy atom. The van der Waals surface area contributed by atoms with Crippen LogP contribution in [0.25, 0.3) is 0 Å². The second-order valence-electron chi connectivity index (χ2n) is 4.50. The van der Waals surface area contributed by atoms with Gasteiger partial charge in [0.05, 0.1) is 10.7 Å². The van der Waals surface area contributed by atoms with E-state index < -0.39 is 0 Å². The van der Waals surface area contributed by atoms with E-state index in [1.165, 1.54) is 17.8 Å². The maximum absolute atomic E-state index is 8.98. The molecule has 0 aliphatic heterocycles. The lowest BCUT2D eigenvalue weighted by Gasteiger charge is -2.15. The van der Waals surface area contributed by atoms with Gasteiger partial charge in [-0.2, -0.15) is 11.8 Å². The molecule has 96 valence electrons. The summed E-state index contributed by atoms with van der Waals surface area (Å²) in [5.74, 6) is 1.80. The van der Waals surface area contributed by atoms with Crippen LogP contribution in [0.3, 0.4) is 0 Å². The molecular weight excluding hydrogens is 252 g/mol. The van der Waals surface area contributed by atoms with Crippen molar-refractivity contribution in [1.29, 1.82) is 0 Å². The highest BCUT2D eigenvalue weighted by atomic mass is 32.2. The zero-order valence-corrected chi connectivity index (χ0v) is 11.8. The first-order valence-corrected chi connectivity index (χ1v) is 8.38. The summed E-state index contributed by atoms with van der Waals surface area (Å²) in [5, 5.41) is 15.9. The summed E-state index contributed by atoms with van der Waals surface area (Å²) in [5.41, 5.74) is 1.15. The standard InChI is InChI=1S/C12H20N2OS2/c1-16-7-10(4-5-15)13-6-11-8-17-12(14-11)9-2-3-9/h8-10,13,15H,2-7H2,1H3. The Morgan fingerprint density at radius 3 is 3.12 bits per heavy atom. The quantitative estimate of drug-likeness (QED) is 0.762. The number of thiazole rings is 1. The lowest BCUT2D eigenvalue weighted by molar-refractivity contribution is 0.269. The molecule has 3 nitrogen and oxygen atoms in total. The van der Waals surface area contributed by atoms with E-state index in [2.05, 4.69) is 21.9 Å². The van der Waals surface area contributed by atoms with E-state index in [0.717, 1.165) is 30.3 Å². The molecule has 1 aromatic heterocycles. The lowest BCUT2D eigenvalue weighted by Crippen LogP contribution is -2.31. The van der Waals surface area contributed by atoms with Crippen molar-refractivity contribution in [2.45, 2.75) is 37.8 Å². The Kier molecular flexibility index (Phi) is 5.28. The molecule has 1 unspecified atom stereocenters. The summed E-state index contributed by atoms with van der Waals surface area (Å²) in [7, 11) is 0. The number of nitrogens with zero attached hydrogens (tertiary/aromatic N) is 1. The molecule has 1 heterocycles. The fraction of sp³-hybridized carbons (Fsp3) is 0.750. The Balaban J connectivity index is 1.78. The van der Waals surface area contributed by atoms with Crippen LogP contribution in [0.1, 0.15) is 35.9 Å². The number of hydrogen-bond acceptors (Lipinski definition) is 5. The minimum atomic E-state index is 0.253. The molecule has 2 N–H and O–H groups in total. The van der Waals surface area contributed by atoms with Crippen molar-refractivity contribution in [2.24, 2.45) is 0 Å². The molecule has 17 heavy (non-hydrogen) atoms. The highest BCUT2D eigenvalue weighted by molar-refractivity contribution is 7.98. The maximum Gasteiger partial charge on any atom is 0.0959 e. The van der Waals surface area contributed by atoms with Gasteiger partial charge in [-0.1, -0.05) is 0 Å². The fourth-order valence-electron chi connectivity index (χ4n) is 1.77. The van der Waals surface area contributed by atoms with Crippen LogP contribution in [-0.2, 0) is 6.54 Å². The molecule has 0 aromatic carbocycles. The Hall–Kier alpha value is -0.100. The molecule has 0 saturated heterocycles. The van der Waals surface area contributed by atoms with Gasteiger partial charge in [0.2, 0.25) is 0 Å². The van der Waals surface area contributed by atoms with E-state index in [1.54, 1.807) is 11.3 Å². The van der Waals surface area contributed by atoms with E-state index in [9.17, 15) is 0 Å². The fourth-order valence-corrected chi connectivity index (χ4v) is 3.45. The summed E-state index contributed by atoms with van der Waals surface area (Å²) < 4.78 is 0. The van der Waals surface area contributed by atoms with Crippen LogP contribution in [0.2, 0.25) is 0 Å². The topological polar surface area (TPSA) is 45.1 Å². The molecule has 0 amide bonds. The largest absolute Gasteiger partial charge is 0.396 e. The average Bonchev–Trinajstić information content (AvgIpc) is 3.07. The van der Waals surface area contributed by atoms with Gasteiger partial charge in [-0.25, -0.2) is 4.98 Å². The van der Waals surface area contributed by atoms with Gasteiger partial charge < -0.3 is 10.4 Å². The molecule has 1 aliphatic carbocycles. The maximum atomic E-state index is 8.98. The van der Waals surface area contributed by atoms with Gasteiger partial charge in [0.15, 0.2) is 0 Å². The monoisotopic (exact) mass is 272 g/mol. The predicted octanol–water partition coefficient (Wildman–Crippen LogP) is 2.22. The van der Waals surface area contributed by atoms with Crippen molar-refractivity contribution in [3.63, 3.8) is 0 Å². The third-order valence-electron chi connectivity index (χ3n) is 2.91. The molecular formula is C12H20N2OS2. The number of aliphatic hydroxyl groups excluding tert-OH is 1. The van der Waals surface area contributed by atoms with Crippen LogP contribution < -0.4 is 5.32 Å². The van der Waals surface area contributed by atoms with Gasteiger partial charge in [-0.3, -0.25) is 0 Å². The van der Waals surface area contributed by atoms with Crippen molar-refractivity contribution in [3.05, 3.63) is 16.1 Å². The molecule has 0 spiro atoms. The van der Waals surface area contributed by atoms with Crippen molar-refractivity contribution < 1.29 is 5.11 Å². The minimum Gasteiger partial charge on any atom is -0.396 e. The van der Waals surface area contributed by atoms with E-state index in [1.807, 2.05) is 11.8 Å². The molecule has 1 fully saturated rings. The van der Waals surface area contributed by atoms with Crippen LogP contribution in [0.4, 0.5) is 0 Å². The molecule has 5 heteroatoms. The van der Waals surface area contributed by atoms with Crippen LogP contribution in [0, 0.1) is 0 Å². The van der Waals surface area contributed by atoms with E-state index >= 15 is 0 Å². The summed E-state index contributed by atoms with van der Waals surface area (Å²) in [6, 6.07) is 0.390. The minimum absolute atomic E-state index is 0.253. The van der Waals surface area contributed by atoms with Gasteiger partial charge in [-0.05, 0) is 25.5 Å². The van der Waals surface area contributed by atoms with E-state index in [4.69, 9.17) is 5.11 Å². The normalized spacial score (nSPS) is 17.3. The number of thioether (sulfide) groups is 1. The van der Waals surface area contributed by atoms with Crippen LogP contribution in [0.5, 0.6) is 0 Å². The Bertz CT molecular complexity index is 333. The summed E-state index contributed by atoms with van der Waals surface area (Å²) in [6.45, 7) is 1.08. The smallest absolute Gasteiger partial charge is 0.0959 e. The first-order chi connectivity index (χ1) is 8.33. The van der Waals surface area contributed by atoms with E-state index in [0.29, 0.717) is 6.04 Å². The highest BCUT2D eigenvalue weighted by Gasteiger charge is 2.26. The van der Waals surface area contributed by atoms with Gasteiger partial charge in [0.1, 0.15) is 0 Å². The second-order valence-corrected chi connectivity index (χ2v) is 6.30. The number of rotatable bonds is 8. The lowest BCUT2D eigenvalue weighted by atomic mass is 10.2. The summed E-state index contributed by atoms with van der Waals surface area (Å²) in [4.78, 5) is 4.65. The molecule has 1 atom stereocenters. The number of nitrogens with one attached hydrogen (secondary N) is 1. The van der Waals surface area contributed by atoms with Gasteiger partial charge in [0.25, 0.3) is 0 Å². The molecule has 1 aromatic rings. The third-order valence-corrected chi connectivity index (χ3v) is 4.71. The van der Waals surface area contributed by atoms with Crippen molar-refractivity contribution >= 4 is 23.1 Å². The van der Waals surface area contributed by atoms with Gasteiger partial charge in [0, 0.05) is 36.2 Å². The average molecular weight is 272 g/mol. The molecule has 1 aliphatic rings. The SMILES string of the molecule is CSCC(CCO)NCc1csc(C2CC2)n1. The Morgan fingerprint density at radius 2 is 2.47 bits per heavy atom. The van der Waals surface area contributed by atoms with Crippen LogP contribution in [0.15, 0.2) is 5.38 Å². The first-order valence-electron chi connectivity index (χ1n) is 6.11. The summed E-state index contributed by atoms with van der Waals surface area (Å²) >= 11 is 3.61. The third kappa shape index (κ3) is 4.25. The molecule has 1 saturated carbocycles. The molecule has 0 radical (unpaired) electrons. The van der Waals surface area contributed by atoms with Crippen molar-refractivity contribution in [3.8, 4) is 0 Å². The zero-order chi connectivity index (χ0) is 12.1. The number of aromatic nitrogens is 1. The van der Waals surface area contributed by atoms with Gasteiger partial charge >= 0.3 is 0 Å². The predicted molar refractivity (Wildman–Crippen MR) is 74.8 cm³/mol. The second kappa shape index (κ2) is 6.73. The Labute approximate surface area is 111 Å². The number of hydrogen-bond donors (Lipinski definition) is 2. The zero-order valence-electron chi connectivity index (χ0n) is 10.2. The van der Waals surface area contributed by atoms with Crippen LogP contribution in [-0.4, -0.2) is 34.7 Å². The van der Waals surface area contributed by atoms with E-state index in [-0.39, 0.29) is 6.61 Å². The van der Waals surface area contributed by atoms with Gasteiger partial charge in [-0.15, -0.1) is 11.3 Å². The molecule has 2 rings (SSSR count). The highest BCUT2D eigenvalue weighted by Crippen LogP contribution is 2.41. The first kappa shape index (κ1) is 13.3. The molecule has 0 bridgehead atoms. The van der Waals surface area contributed by atoms with Crippen molar-refractivity contribution in [2.75, 3.05) is 18.6 Å². The van der Waals surface area contributed by atoms with Crippen LogP contribution >= 0.6 is 23.1 Å². The number of aliphatic hydroxyl groups is 1. The van der Waals surface area contributed by atoms with Crippen molar-refractivity contribution in [1.82, 2.24) is 10.3 Å². The summed E-state index contributed by atoms with van der Waals surface area (Å²) in [6.07, 6.45) is 5.56.